The van der Waals surface area contributed by atoms with Gasteiger partial charge >= 0.3 is 0 Å². The van der Waals surface area contributed by atoms with Crippen molar-refractivity contribution in [1.29, 1.82) is 0 Å². The summed E-state index contributed by atoms with van der Waals surface area (Å²) < 4.78 is 0. The van der Waals surface area contributed by atoms with Gasteiger partial charge in [-0.05, 0) is 78.5 Å². The molecular weight excluding hydrogens is 555 g/mol. The minimum Gasteiger partial charge on any atom is -0.255 e. The SMILES string of the molecule is c1ccc(-c2cc(-c3cccc(-c4ccccc4-c4ccc5c6c(cccc46)-c4ccccc4-5)c3)cnc2-c2ccccc2)cc1. The number of aromatic nitrogens is 1. The second-order valence-electron chi connectivity index (χ2n) is 11.9. The summed E-state index contributed by atoms with van der Waals surface area (Å²) in [5.74, 6) is 0. The Kier molecular flexibility index (Phi) is 6.21. The number of nitrogens with zero attached hydrogens (tertiary/aromatic N) is 1. The number of benzene rings is 7. The van der Waals surface area contributed by atoms with Crippen molar-refractivity contribution in [2.45, 2.75) is 0 Å². The monoisotopic (exact) mass is 583 g/mol. The average molecular weight is 584 g/mol. The Morgan fingerprint density at radius 3 is 1.54 bits per heavy atom. The van der Waals surface area contributed by atoms with Crippen molar-refractivity contribution in [3.05, 3.63) is 176 Å². The molecule has 0 unspecified atom stereocenters. The van der Waals surface area contributed by atoms with Crippen LogP contribution in [0.15, 0.2) is 176 Å². The van der Waals surface area contributed by atoms with Crippen LogP contribution in [-0.4, -0.2) is 4.98 Å². The maximum Gasteiger partial charge on any atom is 0.0780 e. The summed E-state index contributed by atoms with van der Waals surface area (Å²) in [4.78, 5) is 5.04. The quantitative estimate of drug-likeness (QED) is 0.196. The van der Waals surface area contributed by atoms with Crippen molar-refractivity contribution in [3.8, 4) is 78.0 Å². The van der Waals surface area contributed by atoms with Crippen molar-refractivity contribution in [1.82, 2.24) is 4.98 Å². The van der Waals surface area contributed by atoms with E-state index in [1.54, 1.807) is 0 Å². The van der Waals surface area contributed by atoms with Crippen LogP contribution < -0.4 is 0 Å². The molecule has 0 N–H and O–H groups in total. The highest BCUT2D eigenvalue weighted by Gasteiger charge is 2.23. The minimum absolute atomic E-state index is 0.992. The molecule has 0 atom stereocenters. The molecule has 1 heterocycles. The third kappa shape index (κ3) is 4.29. The summed E-state index contributed by atoms with van der Waals surface area (Å²) in [6, 6.07) is 61.1. The highest BCUT2D eigenvalue weighted by molar-refractivity contribution is 6.19. The van der Waals surface area contributed by atoms with Crippen molar-refractivity contribution in [3.63, 3.8) is 0 Å². The minimum atomic E-state index is 0.992. The molecular formula is C45H29N. The third-order valence-electron chi connectivity index (χ3n) is 9.29. The lowest BCUT2D eigenvalue weighted by molar-refractivity contribution is 1.32. The summed E-state index contributed by atoms with van der Waals surface area (Å²) >= 11 is 0. The lowest BCUT2D eigenvalue weighted by Gasteiger charge is -2.15. The Balaban J connectivity index is 1.17. The maximum atomic E-state index is 5.04. The first-order chi connectivity index (χ1) is 22.8. The smallest absolute Gasteiger partial charge is 0.0780 e. The van der Waals surface area contributed by atoms with Crippen LogP contribution in [0.1, 0.15) is 0 Å². The Hall–Kier alpha value is -6.05. The largest absolute Gasteiger partial charge is 0.255 e. The van der Waals surface area contributed by atoms with Gasteiger partial charge < -0.3 is 0 Å². The fourth-order valence-corrected chi connectivity index (χ4v) is 7.17. The molecule has 0 spiro atoms. The topological polar surface area (TPSA) is 12.9 Å². The first-order valence-electron chi connectivity index (χ1n) is 15.8. The van der Waals surface area contributed by atoms with E-state index in [4.69, 9.17) is 4.98 Å². The fourth-order valence-electron chi connectivity index (χ4n) is 7.17. The molecule has 0 aliphatic heterocycles. The van der Waals surface area contributed by atoms with Crippen molar-refractivity contribution in [2.75, 3.05) is 0 Å². The molecule has 9 rings (SSSR count). The fraction of sp³-hybridized carbons (Fsp3) is 0. The van der Waals surface area contributed by atoms with Crippen LogP contribution in [0.25, 0.3) is 88.8 Å². The van der Waals surface area contributed by atoms with E-state index in [0.717, 1.165) is 33.5 Å². The van der Waals surface area contributed by atoms with Gasteiger partial charge in [-0.25, -0.2) is 0 Å². The first kappa shape index (κ1) is 26.4. The molecule has 0 fully saturated rings. The zero-order chi connectivity index (χ0) is 30.5. The maximum absolute atomic E-state index is 5.04. The highest BCUT2D eigenvalue weighted by Crippen LogP contribution is 2.50. The van der Waals surface area contributed by atoms with Crippen LogP contribution in [-0.2, 0) is 0 Å². The Morgan fingerprint density at radius 1 is 0.283 bits per heavy atom. The Bertz CT molecular complexity index is 2370. The van der Waals surface area contributed by atoms with Gasteiger partial charge in [-0.3, -0.25) is 4.98 Å². The lowest BCUT2D eigenvalue weighted by atomic mass is 9.89. The highest BCUT2D eigenvalue weighted by atomic mass is 14.7. The van der Waals surface area contributed by atoms with E-state index < -0.39 is 0 Å². The van der Waals surface area contributed by atoms with Gasteiger partial charge in [0.05, 0.1) is 5.69 Å². The van der Waals surface area contributed by atoms with E-state index in [1.165, 1.54) is 55.3 Å². The molecule has 0 radical (unpaired) electrons. The molecule has 46 heavy (non-hydrogen) atoms. The van der Waals surface area contributed by atoms with Gasteiger partial charge in [0.25, 0.3) is 0 Å². The van der Waals surface area contributed by atoms with E-state index in [2.05, 4.69) is 164 Å². The molecule has 214 valence electrons. The van der Waals surface area contributed by atoms with Crippen LogP contribution in [0.4, 0.5) is 0 Å². The van der Waals surface area contributed by atoms with Crippen LogP contribution in [0, 0.1) is 0 Å². The zero-order valence-corrected chi connectivity index (χ0v) is 25.2. The molecule has 1 aromatic heterocycles. The van der Waals surface area contributed by atoms with Crippen LogP contribution >= 0.6 is 0 Å². The van der Waals surface area contributed by atoms with Gasteiger partial charge in [-0.15, -0.1) is 0 Å². The van der Waals surface area contributed by atoms with Crippen molar-refractivity contribution < 1.29 is 0 Å². The third-order valence-corrected chi connectivity index (χ3v) is 9.29. The molecule has 7 aromatic carbocycles. The van der Waals surface area contributed by atoms with Crippen molar-refractivity contribution >= 4 is 10.8 Å². The summed E-state index contributed by atoms with van der Waals surface area (Å²) in [7, 11) is 0. The number of hydrogen-bond acceptors (Lipinski definition) is 1. The zero-order valence-electron chi connectivity index (χ0n) is 25.2. The number of fused-ring (bicyclic) bond motifs is 3. The van der Waals surface area contributed by atoms with Gasteiger partial charge in [0.15, 0.2) is 0 Å². The van der Waals surface area contributed by atoms with E-state index in [9.17, 15) is 0 Å². The molecule has 8 aromatic rings. The number of pyridine rings is 1. The Morgan fingerprint density at radius 2 is 0.804 bits per heavy atom. The second kappa shape index (κ2) is 10.8. The summed E-state index contributed by atoms with van der Waals surface area (Å²) in [6.07, 6.45) is 2.01. The summed E-state index contributed by atoms with van der Waals surface area (Å²) in [5, 5.41) is 2.64. The van der Waals surface area contributed by atoms with Crippen LogP contribution in [0.5, 0.6) is 0 Å². The molecule has 1 nitrogen and oxygen atoms in total. The summed E-state index contributed by atoms with van der Waals surface area (Å²) in [5.41, 5.74) is 16.8. The standard InChI is InChI=1S/C45H29N/c1-3-13-30(14-4-1)43-28-34(29-46-45(43)31-15-5-2-6-16-31)32-17-11-18-33(27-32)35-19-7-8-20-36(35)39-25-26-42-38-22-10-9-21-37(38)40-23-12-24-41(39)44(40)42/h1-29H. The second-order valence-corrected chi connectivity index (χ2v) is 11.9. The molecule has 1 aliphatic carbocycles. The van der Waals surface area contributed by atoms with Gasteiger partial charge in [-0.2, -0.15) is 0 Å². The molecule has 0 amide bonds. The predicted molar refractivity (Wildman–Crippen MR) is 193 cm³/mol. The Labute approximate surface area is 269 Å². The van der Waals surface area contributed by atoms with E-state index in [1.807, 2.05) is 12.3 Å². The average Bonchev–Trinajstić information content (AvgIpc) is 3.47. The van der Waals surface area contributed by atoms with Gasteiger partial charge in [-0.1, -0.05) is 158 Å². The molecule has 0 bridgehead atoms. The van der Waals surface area contributed by atoms with E-state index >= 15 is 0 Å². The van der Waals surface area contributed by atoms with Gasteiger partial charge in [0.2, 0.25) is 0 Å². The van der Waals surface area contributed by atoms with Crippen molar-refractivity contribution in [2.24, 2.45) is 0 Å². The first-order valence-corrected chi connectivity index (χ1v) is 15.8. The lowest BCUT2D eigenvalue weighted by Crippen LogP contribution is -1.92. The molecule has 0 saturated carbocycles. The van der Waals surface area contributed by atoms with Gasteiger partial charge in [0, 0.05) is 22.9 Å². The molecule has 1 heteroatoms. The number of rotatable bonds is 5. The normalized spacial score (nSPS) is 11.5. The van der Waals surface area contributed by atoms with Crippen LogP contribution in [0.3, 0.4) is 0 Å². The van der Waals surface area contributed by atoms with E-state index in [-0.39, 0.29) is 0 Å². The number of hydrogen-bond donors (Lipinski definition) is 0. The van der Waals surface area contributed by atoms with Crippen LogP contribution in [0.2, 0.25) is 0 Å². The predicted octanol–water partition coefficient (Wildman–Crippen LogP) is 12.2. The molecule has 0 saturated heterocycles. The molecule has 1 aliphatic rings. The summed E-state index contributed by atoms with van der Waals surface area (Å²) in [6.45, 7) is 0. The van der Waals surface area contributed by atoms with E-state index in [0.29, 0.717) is 0 Å². The van der Waals surface area contributed by atoms with Gasteiger partial charge in [0.1, 0.15) is 0 Å².